The zero-order valence-electron chi connectivity index (χ0n) is 22.3. The van der Waals surface area contributed by atoms with Crippen LogP contribution in [0.3, 0.4) is 0 Å². The van der Waals surface area contributed by atoms with E-state index < -0.39 is 29.3 Å². The summed E-state index contributed by atoms with van der Waals surface area (Å²) in [6.07, 6.45) is 24.6. The third-order valence-corrected chi connectivity index (χ3v) is 6.81. The minimum atomic E-state index is -1.90. The smallest absolute Gasteiger partial charge is 0.248 e. The van der Waals surface area contributed by atoms with Gasteiger partial charge in [-0.2, -0.15) is 0 Å². The molecular weight excluding hydrogens is 512 g/mol. The third kappa shape index (κ3) is 9.29. The van der Waals surface area contributed by atoms with Gasteiger partial charge in [0.05, 0.1) is 11.8 Å². The number of carbonyl (C=O) groups is 4. The van der Waals surface area contributed by atoms with Crippen molar-refractivity contribution in [2.45, 2.75) is 63.1 Å². The summed E-state index contributed by atoms with van der Waals surface area (Å²) in [5.74, 6) is -1.50. The van der Waals surface area contributed by atoms with Crippen LogP contribution in [0.2, 0.25) is 0 Å². The number of aliphatic hydroxyl groups is 3. The molecule has 212 valence electrons. The summed E-state index contributed by atoms with van der Waals surface area (Å²) in [5.41, 5.74) is -2.11. The molecular formula is C31H36N2O7. The van der Waals surface area contributed by atoms with E-state index in [1.807, 2.05) is 12.2 Å². The maximum Gasteiger partial charge on any atom is 0.248 e. The molecule has 1 saturated carbocycles. The molecule has 1 fully saturated rings. The molecule has 0 unspecified atom stereocenters. The minimum absolute atomic E-state index is 0.0924. The number of carbonyl (C=O) groups excluding carboxylic acids is 4. The molecule has 0 aromatic heterocycles. The first kappa shape index (κ1) is 30.5. The molecule has 2 atom stereocenters. The molecule has 0 spiro atoms. The molecule has 0 saturated heterocycles. The van der Waals surface area contributed by atoms with Crippen LogP contribution in [0, 0.1) is 5.92 Å². The molecule has 0 aromatic carbocycles. The fourth-order valence-electron chi connectivity index (χ4n) is 4.55. The van der Waals surface area contributed by atoms with E-state index >= 15 is 0 Å². The summed E-state index contributed by atoms with van der Waals surface area (Å²) in [7, 11) is 0. The van der Waals surface area contributed by atoms with E-state index in [1.54, 1.807) is 12.2 Å². The predicted molar refractivity (Wildman–Crippen MR) is 150 cm³/mol. The molecule has 0 aliphatic heterocycles. The summed E-state index contributed by atoms with van der Waals surface area (Å²) in [5, 5.41) is 35.5. The first-order valence-corrected chi connectivity index (χ1v) is 13.5. The van der Waals surface area contributed by atoms with Crippen molar-refractivity contribution in [2.75, 3.05) is 0 Å². The molecule has 0 radical (unpaired) electrons. The zero-order valence-corrected chi connectivity index (χ0v) is 22.3. The molecule has 3 rings (SSSR count). The quantitative estimate of drug-likeness (QED) is 0.208. The molecule has 3 aliphatic rings. The number of hydrogen-bond acceptors (Lipinski definition) is 7. The second-order valence-electron chi connectivity index (χ2n) is 9.94. The number of nitrogens with one attached hydrogen (secondary N) is 2. The number of ketones is 2. The Bertz CT molecular complexity index is 1230. The largest absolute Gasteiger partial charge is 0.510 e. The molecule has 9 heteroatoms. The van der Waals surface area contributed by atoms with E-state index in [0.717, 1.165) is 12.2 Å². The second-order valence-corrected chi connectivity index (χ2v) is 9.94. The van der Waals surface area contributed by atoms with Crippen molar-refractivity contribution in [1.29, 1.82) is 0 Å². The van der Waals surface area contributed by atoms with Crippen molar-refractivity contribution >= 4 is 23.4 Å². The maximum atomic E-state index is 12.3. The van der Waals surface area contributed by atoms with Crippen molar-refractivity contribution in [2.24, 2.45) is 5.92 Å². The molecule has 9 nitrogen and oxygen atoms in total. The van der Waals surface area contributed by atoms with E-state index in [9.17, 15) is 34.5 Å². The standard InChI is InChI=1S/C31H36N2O7/c34-24-17-18-25(35)30(24)33-29(39)16-10-3-4-11-19-31(40)21-23(26(36)20-27(31)37)32-28(38)15-9-2-1-6-12-22-13-7-5-8-14-22/h1-4,6,9-12,15-16,19,21-22,27,34,37,40H,5,7-8,13-14,17-18,20H2,(H,32,38)(H,33,39)/b2-1-,4-3+,12-6+,15-9+,16-10+,19-11+/t27-,31+/m1/s1. The van der Waals surface area contributed by atoms with Gasteiger partial charge in [0.2, 0.25) is 11.8 Å². The normalized spacial score (nSPS) is 25.1. The predicted octanol–water partition coefficient (Wildman–Crippen LogP) is 3.22. The zero-order chi connectivity index (χ0) is 29.0. The SMILES string of the molecule is O=C(/C=C/C=C\C=C\C1CCCCC1)NC1=C[C@@](O)(/C=C/C=C/C=C/C(=O)NC2=C(O)CCC2=O)[C@H](O)CC1=O. The van der Waals surface area contributed by atoms with Gasteiger partial charge in [0.15, 0.2) is 11.6 Å². The van der Waals surface area contributed by atoms with Gasteiger partial charge < -0.3 is 26.0 Å². The fourth-order valence-corrected chi connectivity index (χ4v) is 4.55. The molecule has 0 heterocycles. The van der Waals surface area contributed by atoms with Gasteiger partial charge in [-0.1, -0.05) is 73.9 Å². The Labute approximate surface area is 233 Å². The summed E-state index contributed by atoms with van der Waals surface area (Å²) in [6.45, 7) is 0. The number of aliphatic hydroxyl groups excluding tert-OH is 2. The Balaban J connectivity index is 1.51. The highest BCUT2D eigenvalue weighted by Crippen LogP contribution is 2.26. The summed E-state index contributed by atoms with van der Waals surface area (Å²) >= 11 is 0. The average molecular weight is 549 g/mol. The lowest BCUT2D eigenvalue weighted by Crippen LogP contribution is -2.46. The van der Waals surface area contributed by atoms with E-state index in [0.29, 0.717) is 5.92 Å². The summed E-state index contributed by atoms with van der Waals surface area (Å²) in [4.78, 5) is 48.1. The molecule has 0 aromatic rings. The third-order valence-electron chi connectivity index (χ3n) is 6.81. The Morgan fingerprint density at radius 1 is 0.825 bits per heavy atom. The van der Waals surface area contributed by atoms with Crippen LogP contribution in [-0.2, 0) is 19.2 Å². The van der Waals surface area contributed by atoms with Gasteiger partial charge in [0.1, 0.15) is 17.1 Å². The molecule has 0 bridgehead atoms. The summed E-state index contributed by atoms with van der Waals surface area (Å²) < 4.78 is 0. The van der Waals surface area contributed by atoms with Crippen LogP contribution in [0.4, 0.5) is 0 Å². The van der Waals surface area contributed by atoms with Gasteiger partial charge >= 0.3 is 0 Å². The van der Waals surface area contributed by atoms with E-state index in [4.69, 9.17) is 0 Å². The minimum Gasteiger partial charge on any atom is -0.510 e. The monoisotopic (exact) mass is 548 g/mol. The van der Waals surface area contributed by atoms with Crippen LogP contribution < -0.4 is 10.6 Å². The van der Waals surface area contributed by atoms with Crippen molar-refractivity contribution in [3.8, 4) is 0 Å². The Morgan fingerprint density at radius 3 is 2.10 bits per heavy atom. The van der Waals surface area contributed by atoms with Gasteiger partial charge in [-0.25, -0.2) is 0 Å². The lowest BCUT2D eigenvalue weighted by atomic mass is 9.85. The fraction of sp³-hybridized carbons (Fsp3) is 0.355. The molecule has 3 aliphatic carbocycles. The van der Waals surface area contributed by atoms with Crippen molar-refractivity contribution < 1.29 is 34.5 Å². The number of amides is 2. The van der Waals surface area contributed by atoms with Crippen LogP contribution in [0.15, 0.2) is 96.1 Å². The number of Topliss-reactive ketones (excluding diaryl/α,β-unsaturated/α-hetero) is 2. The van der Waals surface area contributed by atoms with Gasteiger partial charge in [0, 0.05) is 31.4 Å². The van der Waals surface area contributed by atoms with Crippen LogP contribution in [0.25, 0.3) is 0 Å². The van der Waals surface area contributed by atoms with Gasteiger partial charge in [-0.15, -0.1) is 0 Å². The lowest BCUT2D eigenvalue weighted by Gasteiger charge is -2.31. The Hall–Kier alpha value is -4.08. The number of hydrogen-bond donors (Lipinski definition) is 5. The first-order chi connectivity index (χ1) is 19.2. The number of allylic oxidation sites excluding steroid dienone is 12. The van der Waals surface area contributed by atoms with Crippen LogP contribution in [-0.4, -0.2) is 50.4 Å². The van der Waals surface area contributed by atoms with Crippen molar-refractivity contribution in [3.05, 3.63) is 96.1 Å². The highest BCUT2D eigenvalue weighted by Gasteiger charge is 2.38. The maximum absolute atomic E-state index is 12.3. The van der Waals surface area contributed by atoms with Gasteiger partial charge in [-0.05, 0) is 30.9 Å². The number of rotatable bonds is 10. The van der Waals surface area contributed by atoms with Gasteiger partial charge in [-0.3, -0.25) is 19.2 Å². The Kier molecular flexibility index (Phi) is 11.4. The lowest BCUT2D eigenvalue weighted by molar-refractivity contribution is -0.124. The van der Waals surface area contributed by atoms with Crippen molar-refractivity contribution in [1.82, 2.24) is 10.6 Å². The second kappa shape index (κ2) is 14.9. The highest BCUT2D eigenvalue weighted by molar-refractivity contribution is 6.03. The van der Waals surface area contributed by atoms with Gasteiger partial charge in [0.25, 0.3) is 0 Å². The van der Waals surface area contributed by atoms with E-state index in [2.05, 4.69) is 16.7 Å². The highest BCUT2D eigenvalue weighted by atomic mass is 16.3. The molecule has 2 amide bonds. The molecule has 5 N–H and O–H groups in total. The van der Waals surface area contributed by atoms with Crippen LogP contribution in [0.1, 0.15) is 51.4 Å². The average Bonchev–Trinajstić information content (AvgIpc) is 3.24. The molecule has 40 heavy (non-hydrogen) atoms. The van der Waals surface area contributed by atoms with Crippen molar-refractivity contribution in [3.63, 3.8) is 0 Å². The topological polar surface area (TPSA) is 153 Å². The van der Waals surface area contributed by atoms with Crippen LogP contribution >= 0.6 is 0 Å². The van der Waals surface area contributed by atoms with Crippen LogP contribution in [0.5, 0.6) is 0 Å². The Morgan fingerprint density at radius 2 is 1.45 bits per heavy atom. The first-order valence-electron chi connectivity index (χ1n) is 13.5. The van der Waals surface area contributed by atoms with E-state index in [1.165, 1.54) is 68.6 Å². The summed E-state index contributed by atoms with van der Waals surface area (Å²) in [6, 6.07) is 0. The van der Waals surface area contributed by atoms with E-state index in [-0.39, 0.29) is 42.2 Å².